The molecule has 0 radical (unpaired) electrons. The smallest absolute Gasteiger partial charge is 0.271 e. The lowest BCUT2D eigenvalue weighted by atomic mass is 10.3. The van der Waals surface area contributed by atoms with Gasteiger partial charge in [0.25, 0.3) is 10.0 Å². The number of para-hydroxylation sites is 1. The van der Waals surface area contributed by atoms with Crippen LogP contribution in [-0.4, -0.2) is 18.6 Å². The maximum absolute atomic E-state index is 12.3. The van der Waals surface area contributed by atoms with Crippen LogP contribution in [-0.2, 0) is 10.0 Å². The van der Waals surface area contributed by atoms with Crippen LogP contribution in [0, 0.1) is 0 Å². The van der Waals surface area contributed by atoms with Crippen molar-refractivity contribution in [3.05, 3.63) is 54.7 Å². The molecule has 3 aromatic rings. The van der Waals surface area contributed by atoms with Gasteiger partial charge in [0.15, 0.2) is 0 Å². The molecule has 102 valence electrons. The lowest BCUT2D eigenvalue weighted by molar-refractivity contribution is 0.603. The molecule has 2 heterocycles. The predicted molar refractivity (Wildman–Crippen MR) is 79.2 cm³/mol. The number of benzene rings is 1. The largest absolute Gasteiger partial charge is 0.279 e. The fourth-order valence-electron chi connectivity index (χ4n) is 1.71. The molecule has 20 heavy (non-hydrogen) atoms. The number of aromatic nitrogens is 2. The molecule has 2 N–H and O–H groups in total. The molecule has 0 aliphatic heterocycles. The van der Waals surface area contributed by atoms with Gasteiger partial charge in [-0.1, -0.05) is 18.2 Å². The highest BCUT2D eigenvalue weighted by atomic mass is 32.2. The zero-order chi connectivity index (χ0) is 14.0. The second kappa shape index (κ2) is 5.10. The number of hydrogen-bond acceptors (Lipinski definition) is 4. The van der Waals surface area contributed by atoms with Crippen LogP contribution >= 0.6 is 11.3 Å². The number of nitrogens with zero attached hydrogens (tertiary/aromatic N) is 1. The molecular formula is C13H11N3O2S2. The average molecular weight is 305 g/mol. The Labute approximate surface area is 120 Å². The first-order chi connectivity index (χ1) is 9.65. The molecule has 0 bridgehead atoms. The molecule has 5 nitrogen and oxygen atoms in total. The number of hydrogen-bond donors (Lipinski definition) is 2. The Morgan fingerprint density at radius 2 is 1.85 bits per heavy atom. The van der Waals surface area contributed by atoms with Crippen molar-refractivity contribution in [2.75, 3.05) is 4.72 Å². The first kappa shape index (κ1) is 12.9. The maximum atomic E-state index is 12.3. The molecule has 1 aromatic carbocycles. The van der Waals surface area contributed by atoms with Crippen molar-refractivity contribution in [3.63, 3.8) is 0 Å². The molecule has 0 saturated carbocycles. The van der Waals surface area contributed by atoms with Crippen molar-refractivity contribution >= 4 is 27.0 Å². The molecular weight excluding hydrogens is 294 g/mol. The molecule has 0 fully saturated rings. The Balaban J connectivity index is 1.89. The molecule has 0 unspecified atom stereocenters. The molecule has 0 saturated heterocycles. The maximum Gasteiger partial charge on any atom is 0.271 e. The molecule has 0 spiro atoms. The summed E-state index contributed by atoms with van der Waals surface area (Å²) in [7, 11) is -3.55. The molecule has 0 atom stereocenters. The van der Waals surface area contributed by atoms with E-state index in [4.69, 9.17) is 0 Å². The summed E-state index contributed by atoms with van der Waals surface area (Å²) < 4.78 is 27.3. The highest BCUT2D eigenvalue weighted by molar-refractivity contribution is 7.94. The summed E-state index contributed by atoms with van der Waals surface area (Å²) in [6, 6.07) is 14.0. The fraction of sp³-hybridized carbons (Fsp3) is 0. The molecule has 3 rings (SSSR count). The average Bonchev–Trinajstić information content (AvgIpc) is 3.11. The Bertz CT molecular complexity index is 793. The molecule has 7 heteroatoms. The minimum atomic E-state index is -3.55. The molecule has 2 aromatic heterocycles. The van der Waals surface area contributed by atoms with Gasteiger partial charge in [-0.05, 0) is 30.3 Å². The lowest BCUT2D eigenvalue weighted by Gasteiger charge is -2.05. The van der Waals surface area contributed by atoms with E-state index in [9.17, 15) is 8.42 Å². The second-order valence-electron chi connectivity index (χ2n) is 4.06. The van der Waals surface area contributed by atoms with Gasteiger partial charge in [-0.2, -0.15) is 5.10 Å². The van der Waals surface area contributed by atoms with E-state index in [0.717, 1.165) is 10.6 Å². The van der Waals surface area contributed by atoms with E-state index >= 15 is 0 Å². The standard InChI is InChI=1S/C13H11N3O2S2/c17-20(18,16-10-4-2-1-3-5-10)13-7-6-12(19-13)11-8-9-14-15-11/h1-9,16H,(H,14,15). The summed E-state index contributed by atoms with van der Waals surface area (Å²) in [5.41, 5.74) is 1.35. The number of thiophene rings is 1. The predicted octanol–water partition coefficient (Wildman–Crippen LogP) is 2.94. The van der Waals surface area contributed by atoms with E-state index in [1.54, 1.807) is 48.7 Å². The van der Waals surface area contributed by atoms with Gasteiger partial charge < -0.3 is 0 Å². The number of anilines is 1. The van der Waals surface area contributed by atoms with Crippen molar-refractivity contribution in [1.82, 2.24) is 10.2 Å². The molecule has 0 aliphatic carbocycles. The first-order valence-corrected chi connectivity index (χ1v) is 8.12. The van der Waals surface area contributed by atoms with Gasteiger partial charge in [0.2, 0.25) is 0 Å². The van der Waals surface area contributed by atoms with Crippen LogP contribution in [0.1, 0.15) is 0 Å². The van der Waals surface area contributed by atoms with Crippen molar-refractivity contribution in [3.8, 4) is 10.6 Å². The Morgan fingerprint density at radius 3 is 2.55 bits per heavy atom. The fourth-order valence-corrected chi connectivity index (χ4v) is 4.05. The van der Waals surface area contributed by atoms with Gasteiger partial charge in [0.05, 0.1) is 10.6 Å². The summed E-state index contributed by atoms with van der Waals surface area (Å²) in [6.07, 6.45) is 1.63. The Kier molecular flexibility index (Phi) is 3.29. The highest BCUT2D eigenvalue weighted by Gasteiger charge is 2.17. The number of rotatable bonds is 4. The van der Waals surface area contributed by atoms with E-state index < -0.39 is 10.0 Å². The van der Waals surface area contributed by atoms with Crippen LogP contribution in [0.5, 0.6) is 0 Å². The van der Waals surface area contributed by atoms with Gasteiger partial charge >= 0.3 is 0 Å². The van der Waals surface area contributed by atoms with Crippen LogP contribution in [0.25, 0.3) is 10.6 Å². The van der Waals surface area contributed by atoms with Crippen molar-refractivity contribution in [1.29, 1.82) is 0 Å². The SMILES string of the molecule is O=S(=O)(Nc1ccccc1)c1ccc(-c2ccn[nH]2)s1. The zero-order valence-electron chi connectivity index (χ0n) is 10.3. The van der Waals surface area contributed by atoms with Gasteiger partial charge in [-0.15, -0.1) is 11.3 Å². The highest BCUT2D eigenvalue weighted by Crippen LogP contribution is 2.30. The number of nitrogens with one attached hydrogen (secondary N) is 2. The molecule has 0 amide bonds. The zero-order valence-corrected chi connectivity index (χ0v) is 11.9. The van der Waals surface area contributed by atoms with E-state index in [2.05, 4.69) is 14.9 Å². The van der Waals surface area contributed by atoms with E-state index in [1.807, 2.05) is 6.07 Å². The summed E-state index contributed by atoms with van der Waals surface area (Å²) >= 11 is 1.20. The van der Waals surface area contributed by atoms with Crippen molar-refractivity contribution in [2.45, 2.75) is 4.21 Å². The summed E-state index contributed by atoms with van der Waals surface area (Å²) in [5, 5.41) is 6.67. The Hall–Kier alpha value is -2.12. The van der Waals surface area contributed by atoms with Gasteiger partial charge in [0.1, 0.15) is 4.21 Å². The summed E-state index contributed by atoms with van der Waals surface area (Å²) in [5.74, 6) is 0. The van der Waals surface area contributed by atoms with Crippen LogP contribution < -0.4 is 4.72 Å². The monoisotopic (exact) mass is 305 g/mol. The lowest BCUT2D eigenvalue weighted by Crippen LogP contribution is -2.11. The van der Waals surface area contributed by atoms with Crippen LogP contribution in [0.4, 0.5) is 5.69 Å². The third-order valence-electron chi connectivity index (χ3n) is 2.64. The summed E-state index contributed by atoms with van der Waals surface area (Å²) in [6.45, 7) is 0. The number of sulfonamides is 1. The second-order valence-corrected chi connectivity index (χ2v) is 7.05. The van der Waals surface area contributed by atoms with Crippen molar-refractivity contribution < 1.29 is 8.42 Å². The van der Waals surface area contributed by atoms with Crippen LogP contribution in [0.2, 0.25) is 0 Å². The quantitative estimate of drug-likeness (QED) is 0.778. The normalized spacial score (nSPS) is 11.4. The summed E-state index contributed by atoms with van der Waals surface area (Å²) in [4.78, 5) is 0.830. The first-order valence-electron chi connectivity index (χ1n) is 5.83. The van der Waals surface area contributed by atoms with E-state index in [-0.39, 0.29) is 4.21 Å². The van der Waals surface area contributed by atoms with Gasteiger partial charge in [0, 0.05) is 11.9 Å². The van der Waals surface area contributed by atoms with Crippen molar-refractivity contribution in [2.24, 2.45) is 0 Å². The van der Waals surface area contributed by atoms with Gasteiger partial charge in [-0.25, -0.2) is 8.42 Å². The minimum Gasteiger partial charge on any atom is -0.279 e. The van der Waals surface area contributed by atoms with E-state index in [1.165, 1.54) is 11.3 Å². The number of aromatic amines is 1. The van der Waals surface area contributed by atoms with Crippen LogP contribution in [0.3, 0.4) is 0 Å². The molecule has 0 aliphatic rings. The minimum absolute atomic E-state index is 0.269. The topological polar surface area (TPSA) is 74.8 Å². The van der Waals surface area contributed by atoms with Gasteiger partial charge in [-0.3, -0.25) is 9.82 Å². The van der Waals surface area contributed by atoms with E-state index in [0.29, 0.717) is 5.69 Å². The Morgan fingerprint density at radius 1 is 1.05 bits per heavy atom. The third-order valence-corrected chi connectivity index (χ3v) is 5.63. The number of H-pyrrole nitrogens is 1. The van der Waals surface area contributed by atoms with Crippen LogP contribution in [0.15, 0.2) is 58.9 Å². The third kappa shape index (κ3) is 2.59.